The summed E-state index contributed by atoms with van der Waals surface area (Å²) in [6.45, 7) is 2.24. The number of hydrogen-bond acceptors (Lipinski definition) is 4. The number of nitrogens with one attached hydrogen (secondary N) is 2. The molecule has 1 saturated heterocycles. The summed E-state index contributed by atoms with van der Waals surface area (Å²) in [5, 5.41) is 2.88. The second-order valence-electron chi connectivity index (χ2n) is 8.26. The summed E-state index contributed by atoms with van der Waals surface area (Å²) in [5.41, 5.74) is 4.34. The van der Waals surface area contributed by atoms with E-state index in [0.29, 0.717) is 25.1 Å². The number of anilines is 1. The summed E-state index contributed by atoms with van der Waals surface area (Å²) < 4.78 is 27.6. The van der Waals surface area contributed by atoms with Crippen molar-refractivity contribution in [2.75, 3.05) is 11.9 Å². The quantitative estimate of drug-likeness (QED) is 0.463. The molecule has 1 fully saturated rings. The van der Waals surface area contributed by atoms with Gasteiger partial charge in [0.15, 0.2) is 0 Å². The first kappa shape index (κ1) is 21.4. The van der Waals surface area contributed by atoms with Crippen LogP contribution in [0.5, 0.6) is 0 Å². The fourth-order valence-corrected chi connectivity index (χ4v) is 5.82. The fraction of sp³-hybridized carbons (Fsp3) is 0.200. The molecule has 0 aliphatic carbocycles. The first-order valence-corrected chi connectivity index (χ1v) is 12.3. The minimum Gasteiger partial charge on any atom is -0.338 e. The highest BCUT2D eigenvalue weighted by atomic mass is 32.2. The van der Waals surface area contributed by atoms with Crippen molar-refractivity contribution in [3.63, 3.8) is 0 Å². The van der Waals surface area contributed by atoms with Crippen LogP contribution in [0.15, 0.2) is 77.7 Å². The zero-order chi connectivity index (χ0) is 23.0. The van der Waals surface area contributed by atoms with E-state index in [-0.39, 0.29) is 10.8 Å². The highest BCUT2D eigenvalue weighted by Gasteiger charge is 2.39. The van der Waals surface area contributed by atoms with Crippen molar-refractivity contribution in [1.29, 1.82) is 0 Å². The number of benzene rings is 3. The number of imidazole rings is 1. The summed E-state index contributed by atoms with van der Waals surface area (Å²) >= 11 is 0. The van der Waals surface area contributed by atoms with Crippen molar-refractivity contribution >= 4 is 32.7 Å². The lowest BCUT2D eigenvalue weighted by molar-refractivity contribution is -0.119. The van der Waals surface area contributed by atoms with Crippen molar-refractivity contribution in [3.8, 4) is 11.4 Å². The Morgan fingerprint density at radius 1 is 1.03 bits per heavy atom. The molecule has 2 N–H and O–H groups in total. The van der Waals surface area contributed by atoms with Gasteiger partial charge in [0.2, 0.25) is 15.9 Å². The van der Waals surface area contributed by atoms with Crippen LogP contribution in [0.3, 0.4) is 0 Å². The van der Waals surface area contributed by atoms with Gasteiger partial charge in [0.05, 0.1) is 15.9 Å². The van der Waals surface area contributed by atoms with Crippen LogP contribution in [0.25, 0.3) is 22.4 Å². The molecule has 1 amide bonds. The number of H-pyrrole nitrogens is 1. The summed E-state index contributed by atoms with van der Waals surface area (Å²) in [6.07, 6.45) is 1.14. The number of sulfonamides is 1. The molecule has 33 heavy (non-hydrogen) atoms. The highest BCUT2D eigenvalue weighted by Crippen LogP contribution is 2.28. The van der Waals surface area contributed by atoms with Gasteiger partial charge in [-0.1, -0.05) is 29.8 Å². The maximum atomic E-state index is 13.1. The number of carbonyl (C=O) groups excluding carboxylic acids is 1. The lowest BCUT2D eigenvalue weighted by Crippen LogP contribution is -2.43. The Morgan fingerprint density at radius 2 is 1.76 bits per heavy atom. The van der Waals surface area contributed by atoms with Gasteiger partial charge in [-0.3, -0.25) is 4.79 Å². The third-order valence-electron chi connectivity index (χ3n) is 5.95. The predicted octanol–water partition coefficient (Wildman–Crippen LogP) is 4.33. The van der Waals surface area contributed by atoms with Crippen molar-refractivity contribution in [1.82, 2.24) is 14.3 Å². The van der Waals surface area contributed by atoms with Crippen LogP contribution in [-0.4, -0.2) is 41.2 Å². The number of fused-ring (bicyclic) bond motifs is 1. The molecule has 1 aromatic heterocycles. The molecule has 0 bridgehead atoms. The standard InChI is InChI=1S/C25H24N4O3S/c1-17-8-14-20(15-9-17)33(31,32)29-16-4-7-23(29)25(30)26-19-12-10-18(11-13-19)24-27-21-5-2-3-6-22(21)28-24/h2-3,5-6,8-15,23H,4,7,16H2,1H3,(H,26,30)(H,27,28). The zero-order valence-corrected chi connectivity index (χ0v) is 19.0. The number of para-hydroxylation sites is 2. The van der Waals surface area contributed by atoms with Crippen LogP contribution in [0.2, 0.25) is 0 Å². The molecule has 1 unspecified atom stereocenters. The Kier molecular flexibility index (Phi) is 5.47. The number of rotatable bonds is 5. The third kappa shape index (κ3) is 4.15. The molecule has 4 aromatic rings. The monoisotopic (exact) mass is 460 g/mol. The molecule has 2 heterocycles. The van der Waals surface area contributed by atoms with E-state index in [2.05, 4.69) is 15.3 Å². The van der Waals surface area contributed by atoms with Gasteiger partial charge in [-0.05, 0) is 68.3 Å². The molecule has 1 aliphatic rings. The van der Waals surface area contributed by atoms with Crippen LogP contribution in [0.1, 0.15) is 18.4 Å². The first-order valence-electron chi connectivity index (χ1n) is 10.9. The molecule has 7 nitrogen and oxygen atoms in total. The number of hydrogen-bond donors (Lipinski definition) is 2. The molecule has 8 heteroatoms. The molecule has 0 radical (unpaired) electrons. The van der Waals surface area contributed by atoms with Gasteiger partial charge in [-0.2, -0.15) is 4.31 Å². The van der Waals surface area contributed by atoms with Gasteiger partial charge in [-0.15, -0.1) is 0 Å². The van der Waals surface area contributed by atoms with Crippen LogP contribution >= 0.6 is 0 Å². The second-order valence-corrected chi connectivity index (χ2v) is 10.1. The maximum absolute atomic E-state index is 13.1. The average Bonchev–Trinajstić information content (AvgIpc) is 3.48. The van der Waals surface area contributed by atoms with E-state index in [1.54, 1.807) is 36.4 Å². The molecular formula is C25H24N4O3S. The maximum Gasteiger partial charge on any atom is 0.243 e. The topological polar surface area (TPSA) is 95.2 Å². The molecule has 168 valence electrons. The number of nitrogens with zero attached hydrogens (tertiary/aromatic N) is 2. The first-order chi connectivity index (χ1) is 15.9. The van der Waals surface area contributed by atoms with E-state index in [0.717, 1.165) is 28.0 Å². The summed E-state index contributed by atoms with van der Waals surface area (Å²) in [6, 6.07) is 21.2. The molecule has 0 saturated carbocycles. The molecule has 5 rings (SSSR count). The van der Waals surface area contributed by atoms with Crippen LogP contribution < -0.4 is 5.32 Å². The van der Waals surface area contributed by atoms with Crippen molar-refractivity contribution in [3.05, 3.63) is 78.4 Å². The lowest BCUT2D eigenvalue weighted by atomic mass is 10.1. The van der Waals surface area contributed by atoms with E-state index in [9.17, 15) is 13.2 Å². The summed E-state index contributed by atoms with van der Waals surface area (Å²) in [4.78, 5) is 21.1. The van der Waals surface area contributed by atoms with Crippen molar-refractivity contribution in [2.45, 2.75) is 30.7 Å². The number of aromatic amines is 1. The Hall–Kier alpha value is -3.49. The van der Waals surface area contributed by atoms with Gasteiger partial charge in [-0.25, -0.2) is 13.4 Å². The van der Waals surface area contributed by atoms with Gasteiger partial charge >= 0.3 is 0 Å². The van der Waals surface area contributed by atoms with Gasteiger partial charge in [0.25, 0.3) is 0 Å². The van der Waals surface area contributed by atoms with E-state index in [1.807, 2.05) is 43.3 Å². The third-order valence-corrected chi connectivity index (χ3v) is 7.87. The number of amides is 1. The van der Waals surface area contributed by atoms with Gasteiger partial charge < -0.3 is 10.3 Å². The van der Waals surface area contributed by atoms with Crippen molar-refractivity contribution in [2.24, 2.45) is 0 Å². The molecular weight excluding hydrogens is 436 g/mol. The molecule has 1 aliphatic heterocycles. The lowest BCUT2D eigenvalue weighted by Gasteiger charge is -2.23. The second kappa shape index (κ2) is 8.46. The van der Waals surface area contributed by atoms with Gasteiger partial charge in [0.1, 0.15) is 11.9 Å². The summed E-state index contributed by atoms with van der Waals surface area (Å²) in [7, 11) is -3.74. The largest absolute Gasteiger partial charge is 0.338 e. The SMILES string of the molecule is Cc1ccc(S(=O)(=O)N2CCCC2C(=O)Nc2ccc(-c3nc4ccccc4[nH]3)cc2)cc1. The van der Waals surface area contributed by atoms with E-state index in [4.69, 9.17) is 0 Å². The zero-order valence-electron chi connectivity index (χ0n) is 18.2. The summed E-state index contributed by atoms with van der Waals surface area (Å²) in [5.74, 6) is 0.430. The number of aromatic nitrogens is 2. The van der Waals surface area contributed by atoms with Crippen LogP contribution in [0.4, 0.5) is 5.69 Å². The minimum absolute atomic E-state index is 0.211. The Labute approximate surface area is 192 Å². The molecule has 0 spiro atoms. The van der Waals surface area contributed by atoms with Crippen LogP contribution in [0, 0.1) is 6.92 Å². The predicted molar refractivity (Wildman–Crippen MR) is 128 cm³/mol. The average molecular weight is 461 g/mol. The van der Waals surface area contributed by atoms with Gasteiger partial charge in [0, 0.05) is 17.8 Å². The minimum atomic E-state index is -3.74. The van der Waals surface area contributed by atoms with E-state index < -0.39 is 16.1 Å². The van der Waals surface area contributed by atoms with E-state index in [1.165, 1.54) is 4.31 Å². The Balaban J connectivity index is 1.32. The van der Waals surface area contributed by atoms with E-state index >= 15 is 0 Å². The normalized spacial score (nSPS) is 16.8. The fourth-order valence-electron chi connectivity index (χ4n) is 4.16. The molecule has 1 atom stereocenters. The Morgan fingerprint density at radius 3 is 2.48 bits per heavy atom. The molecule has 3 aromatic carbocycles. The van der Waals surface area contributed by atoms with Crippen LogP contribution in [-0.2, 0) is 14.8 Å². The van der Waals surface area contributed by atoms with Crippen molar-refractivity contribution < 1.29 is 13.2 Å². The smallest absolute Gasteiger partial charge is 0.243 e. The number of carbonyl (C=O) groups is 1. The Bertz CT molecular complexity index is 1380. The number of aryl methyl sites for hydroxylation is 1. The highest BCUT2D eigenvalue weighted by molar-refractivity contribution is 7.89.